The number of aromatic amines is 1. The summed E-state index contributed by atoms with van der Waals surface area (Å²) >= 11 is 1.63. The van der Waals surface area contributed by atoms with E-state index >= 15 is 0 Å². The van der Waals surface area contributed by atoms with Gasteiger partial charge in [0, 0.05) is 29.7 Å². The number of benzene rings is 2. The number of H-pyrrole nitrogens is 1. The SMILES string of the molecule is O=C(Nc1ccc2[nH]nc(-c3ccc(OC4CN(C5COC5)C4)cc3)c2c1)C(c1ccsc1)N1CCCC1. The maximum atomic E-state index is 13.5. The zero-order chi connectivity index (χ0) is 25.5. The molecule has 5 heterocycles. The number of aromatic nitrogens is 2. The molecule has 2 N–H and O–H groups in total. The summed E-state index contributed by atoms with van der Waals surface area (Å²) < 4.78 is 11.4. The average molecular weight is 530 g/mol. The van der Waals surface area contributed by atoms with Crippen LogP contribution in [0.2, 0.25) is 0 Å². The zero-order valence-corrected chi connectivity index (χ0v) is 22.0. The van der Waals surface area contributed by atoms with Crippen molar-refractivity contribution < 1.29 is 14.3 Å². The van der Waals surface area contributed by atoms with Crippen LogP contribution in [0, 0.1) is 0 Å². The second-order valence-electron chi connectivity index (χ2n) is 10.4. The molecule has 2 aromatic carbocycles. The molecule has 0 spiro atoms. The number of fused-ring (bicyclic) bond motifs is 1. The lowest BCUT2D eigenvalue weighted by atomic mass is 10.1. The van der Waals surface area contributed by atoms with E-state index in [-0.39, 0.29) is 18.1 Å². The highest BCUT2D eigenvalue weighted by Crippen LogP contribution is 2.32. The van der Waals surface area contributed by atoms with Gasteiger partial charge >= 0.3 is 0 Å². The highest BCUT2D eigenvalue weighted by molar-refractivity contribution is 7.08. The smallest absolute Gasteiger partial charge is 0.246 e. The van der Waals surface area contributed by atoms with Crippen molar-refractivity contribution in [3.05, 3.63) is 64.9 Å². The van der Waals surface area contributed by atoms with Gasteiger partial charge in [-0.25, -0.2) is 0 Å². The zero-order valence-electron chi connectivity index (χ0n) is 21.1. The first-order chi connectivity index (χ1) is 18.7. The molecule has 2 aromatic heterocycles. The normalized spacial score (nSPS) is 19.8. The Labute approximate surface area is 225 Å². The van der Waals surface area contributed by atoms with E-state index in [0.29, 0.717) is 6.04 Å². The van der Waals surface area contributed by atoms with Crippen molar-refractivity contribution in [3.8, 4) is 17.0 Å². The maximum Gasteiger partial charge on any atom is 0.246 e. The van der Waals surface area contributed by atoms with Crippen LogP contribution in [0.3, 0.4) is 0 Å². The quantitative estimate of drug-likeness (QED) is 0.349. The van der Waals surface area contributed by atoms with Crippen molar-refractivity contribution >= 4 is 33.8 Å². The van der Waals surface area contributed by atoms with Gasteiger partial charge in [-0.1, -0.05) is 0 Å². The minimum absolute atomic E-state index is 0.00981. The van der Waals surface area contributed by atoms with Crippen molar-refractivity contribution in [3.63, 3.8) is 0 Å². The van der Waals surface area contributed by atoms with Gasteiger partial charge in [0.1, 0.15) is 17.9 Å². The Bertz CT molecular complexity index is 1400. The minimum atomic E-state index is -0.263. The number of nitrogens with one attached hydrogen (secondary N) is 2. The lowest BCUT2D eigenvalue weighted by molar-refractivity contribution is -0.121. The number of hydrogen-bond acceptors (Lipinski definition) is 7. The van der Waals surface area contributed by atoms with Gasteiger partial charge < -0.3 is 14.8 Å². The summed E-state index contributed by atoms with van der Waals surface area (Å²) in [6, 6.07) is 16.4. The molecule has 0 aliphatic carbocycles. The molecule has 0 radical (unpaired) electrons. The first kappa shape index (κ1) is 23.8. The van der Waals surface area contributed by atoms with Crippen LogP contribution in [-0.4, -0.2) is 77.4 Å². The Morgan fingerprint density at radius 2 is 1.92 bits per heavy atom. The Morgan fingerprint density at radius 1 is 1.11 bits per heavy atom. The Balaban J connectivity index is 1.06. The summed E-state index contributed by atoms with van der Waals surface area (Å²) in [4.78, 5) is 18.2. The number of hydrogen-bond donors (Lipinski definition) is 2. The fraction of sp³-hybridized carbons (Fsp3) is 0.379. The number of rotatable bonds is 8. The van der Waals surface area contributed by atoms with Crippen LogP contribution >= 0.6 is 11.3 Å². The largest absolute Gasteiger partial charge is 0.488 e. The molecule has 3 aliphatic rings. The summed E-state index contributed by atoms with van der Waals surface area (Å²) in [6.45, 7) is 5.51. The number of anilines is 1. The predicted molar refractivity (Wildman–Crippen MR) is 149 cm³/mol. The first-order valence-electron chi connectivity index (χ1n) is 13.4. The van der Waals surface area contributed by atoms with E-state index < -0.39 is 0 Å². The third kappa shape index (κ3) is 4.60. The Morgan fingerprint density at radius 3 is 2.63 bits per heavy atom. The van der Waals surface area contributed by atoms with Crippen LogP contribution in [0.4, 0.5) is 5.69 Å². The lowest BCUT2D eigenvalue weighted by Gasteiger charge is -2.46. The van der Waals surface area contributed by atoms with Gasteiger partial charge in [-0.15, -0.1) is 0 Å². The standard InChI is InChI=1S/C29H31N5O3S/c35-29(28(20-9-12-38-18-20)33-10-1-2-11-33)30-21-5-8-26-25(13-21)27(32-31-26)19-3-6-23(7-4-19)37-24-14-34(15-24)22-16-36-17-22/h3-9,12-13,18,22,24,28H,1-2,10-11,14-17H2,(H,30,35)(H,31,32). The average Bonchev–Trinajstić information content (AvgIpc) is 3.65. The molecule has 3 fully saturated rings. The van der Waals surface area contributed by atoms with E-state index in [1.807, 2.05) is 47.8 Å². The lowest BCUT2D eigenvalue weighted by Crippen LogP contribution is -2.62. The second kappa shape index (κ2) is 10.1. The molecule has 3 saturated heterocycles. The molecule has 7 rings (SSSR count). The molecule has 8 nitrogen and oxygen atoms in total. The van der Waals surface area contributed by atoms with Crippen molar-refractivity contribution in [2.75, 3.05) is 44.7 Å². The molecule has 1 amide bonds. The molecular weight excluding hydrogens is 498 g/mol. The van der Waals surface area contributed by atoms with Crippen LogP contribution < -0.4 is 10.1 Å². The van der Waals surface area contributed by atoms with Crippen molar-refractivity contribution in [2.45, 2.75) is 31.0 Å². The highest BCUT2D eigenvalue weighted by Gasteiger charge is 2.37. The van der Waals surface area contributed by atoms with Crippen LogP contribution in [0.5, 0.6) is 5.75 Å². The predicted octanol–water partition coefficient (Wildman–Crippen LogP) is 4.53. The van der Waals surface area contributed by atoms with Gasteiger partial charge in [0.05, 0.1) is 30.5 Å². The molecule has 9 heteroatoms. The van der Waals surface area contributed by atoms with E-state index in [1.54, 1.807) is 11.3 Å². The van der Waals surface area contributed by atoms with Crippen molar-refractivity contribution in [2.24, 2.45) is 0 Å². The van der Waals surface area contributed by atoms with Crippen molar-refractivity contribution in [1.82, 2.24) is 20.0 Å². The molecule has 1 atom stereocenters. The monoisotopic (exact) mass is 529 g/mol. The highest BCUT2D eigenvalue weighted by atomic mass is 32.1. The topological polar surface area (TPSA) is 82.7 Å². The first-order valence-corrected chi connectivity index (χ1v) is 14.3. The summed E-state index contributed by atoms with van der Waals surface area (Å²) in [6.07, 6.45) is 2.51. The second-order valence-corrected chi connectivity index (χ2v) is 11.2. The molecule has 38 heavy (non-hydrogen) atoms. The van der Waals surface area contributed by atoms with Gasteiger partial charge in [0.2, 0.25) is 5.91 Å². The fourth-order valence-corrected chi connectivity index (χ4v) is 6.32. The van der Waals surface area contributed by atoms with E-state index in [9.17, 15) is 4.79 Å². The third-order valence-electron chi connectivity index (χ3n) is 7.89. The van der Waals surface area contributed by atoms with Crippen molar-refractivity contribution in [1.29, 1.82) is 0 Å². The van der Waals surface area contributed by atoms with E-state index in [4.69, 9.17) is 9.47 Å². The fourth-order valence-electron chi connectivity index (χ4n) is 5.64. The van der Waals surface area contributed by atoms with E-state index in [1.165, 1.54) is 0 Å². The molecule has 4 aromatic rings. The molecular formula is C29H31N5O3S. The van der Waals surface area contributed by atoms with Gasteiger partial charge in [-0.05, 0) is 90.8 Å². The number of carbonyl (C=O) groups excluding carboxylic acids is 1. The molecule has 1 unspecified atom stereocenters. The summed E-state index contributed by atoms with van der Waals surface area (Å²) in [7, 11) is 0. The minimum Gasteiger partial charge on any atom is -0.488 e. The van der Waals surface area contributed by atoms with Gasteiger partial charge in [-0.3, -0.25) is 19.7 Å². The van der Waals surface area contributed by atoms with Gasteiger partial charge in [0.25, 0.3) is 0 Å². The molecule has 3 aliphatic heterocycles. The number of amides is 1. The van der Waals surface area contributed by atoms with E-state index in [0.717, 1.165) is 91.4 Å². The summed E-state index contributed by atoms with van der Waals surface area (Å²) in [5, 5.41) is 16.0. The van der Waals surface area contributed by atoms with Crippen LogP contribution in [0.1, 0.15) is 24.4 Å². The maximum absolute atomic E-state index is 13.5. The van der Waals surface area contributed by atoms with Crippen LogP contribution in [0.15, 0.2) is 59.3 Å². The molecule has 196 valence electrons. The number of nitrogens with zero attached hydrogens (tertiary/aromatic N) is 3. The Hall–Kier alpha value is -3.24. The Kier molecular flexibility index (Phi) is 6.37. The summed E-state index contributed by atoms with van der Waals surface area (Å²) in [5.74, 6) is 0.882. The number of ether oxygens (including phenoxy) is 2. The third-order valence-corrected chi connectivity index (χ3v) is 8.59. The molecule has 0 saturated carbocycles. The molecule has 0 bridgehead atoms. The van der Waals surface area contributed by atoms with Gasteiger partial charge in [-0.2, -0.15) is 16.4 Å². The van der Waals surface area contributed by atoms with Crippen LogP contribution in [-0.2, 0) is 9.53 Å². The summed E-state index contributed by atoms with van der Waals surface area (Å²) in [5.41, 5.74) is 4.63. The number of likely N-dealkylation sites (tertiary alicyclic amines) is 2. The number of carbonyl (C=O) groups is 1. The van der Waals surface area contributed by atoms with Crippen LogP contribution in [0.25, 0.3) is 22.2 Å². The van der Waals surface area contributed by atoms with Gasteiger partial charge in [0.15, 0.2) is 0 Å². The number of thiophene rings is 1. The van der Waals surface area contributed by atoms with E-state index in [2.05, 4.69) is 36.8 Å².